The Morgan fingerprint density at radius 1 is 1.21 bits per heavy atom. The highest BCUT2D eigenvalue weighted by atomic mass is 16.6. The molecule has 2 heterocycles. The number of pyridine rings is 1. The minimum Gasteiger partial charge on any atom is -0.497 e. The monoisotopic (exact) mass is 579 g/mol. The molecule has 1 saturated heterocycles. The van der Waals surface area contributed by atoms with E-state index < -0.39 is 47.0 Å². The van der Waals surface area contributed by atoms with Crippen molar-refractivity contribution in [3.05, 3.63) is 48.1 Å². The second-order valence-corrected chi connectivity index (χ2v) is 11.1. The number of Topliss-reactive ketones (excluding diaryl/α,β-unsaturated/α-hetero) is 1. The average molecular weight is 580 g/mol. The first-order valence-electron chi connectivity index (χ1n) is 13.3. The van der Waals surface area contributed by atoms with E-state index >= 15 is 0 Å². The van der Waals surface area contributed by atoms with Gasteiger partial charge in [0.05, 0.1) is 26.3 Å². The van der Waals surface area contributed by atoms with Gasteiger partial charge in [-0.2, -0.15) is 4.79 Å². The summed E-state index contributed by atoms with van der Waals surface area (Å²) in [6.07, 6.45) is 1.24. The normalized spacial score (nSPS) is 22.9. The first kappa shape index (κ1) is 30.2. The van der Waals surface area contributed by atoms with Gasteiger partial charge in [-0.05, 0) is 39.3 Å². The molecule has 4 rings (SSSR count). The van der Waals surface area contributed by atoms with E-state index in [2.05, 4.69) is 21.7 Å². The summed E-state index contributed by atoms with van der Waals surface area (Å²) in [4.78, 5) is 60.2. The summed E-state index contributed by atoms with van der Waals surface area (Å²) in [7, 11) is 2.73. The molecule has 1 aromatic heterocycles. The van der Waals surface area contributed by atoms with Gasteiger partial charge >= 0.3 is 18.3 Å². The van der Waals surface area contributed by atoms with E-state index in [1.807, 2.05) is 0 Å². The smallest absolute Gasteiger partial charge is 0.411 e. The fourth-order valence-corrected chi connectivity index (χ4v) is 4.97. The van der Waals surface area contributed by atoms with Gasteiger partial charge in [0, 0.05) is 29.9 Å². The van der Waals surface area contributed by atoms with E-state index in [9.17, 15) is 19.2 Å². The highest BCUT2D eigenvalue weighted by Crippen LogP contribution is 2.45. The Labute approximate surface area is 242 Å². The van der Waals surface area contributed by atoms with Crippen molar-refractivity contribution in [1.29, 1.82) is 0 Å². The highest BCUT2D eigenvalue weighted by Gasteiger charge is 2.62. The number of aromatic nitrogens is 1. The van der Waals surface area contributed by atoms with E-state index in [1.54, 1.807) is 45.0 Å². The Hall–Kier alpha value is -4.77. The number of nitrogens with one attached hydrogen (secondary N) is 1. The molecule has 13 heteroatoms. The van der Waals surface area contributed by atoms with Crippen molar-refractivity contribution in [2.75, 3.05) is 20.8 Å². The van der Waals surface area contributed by atoms with Gasteiger partial charge in [-0.15, -0.1) is 6.58 Å². The lowest BCUT2D eigenvalue weighted by atomic mass is 10.1. The molecule has 0 bridgehead atoms. The molecule has 1 saturated carbocycles. The Morgan fingerprint density at radius 2 is 1.95 bits per heavy atom. The summed E-state index contributed by atoms with van der Waals surface area (Å²) in [6, 6.07) is 5.38. The van der Waals surface area contributed by atoms with Crippen molar-refractivity contribution in [2.45, 2.75) is 56.9 Å². The van der Waals surface area contributed by atoms with Gasteiger partial charge in [-0.3, -0.25) is 14.5 Å². The molecule has 2 aliphatic rings. The summed E-state index contributed by atoms with van der Waals surface area (Å²) < 4.78 is 22.1. The molecule has 4 atom stereocenters. The van der Waals surface area contributed by atoms with Crippen LogP contribution in [0.15, 0.2) is 36.9 Å². The molecular formula is C29H33N5O8. The first-order valence-corrected chi connectivity index (χ1v) is 13.3. The van der Waals surface area contributed by atoms with Crippen molar-refractivity contribution in [1.82, 2.24) is 15.2 Å². The Balaban J connectivity index is 1.67. The third kappa shape index (κ3) is 6.10. The summed E-state index contributed by atoms with van der Waals surface area (Å²) >= 11 is 0. The minimum absolute atomic E-state index is 0.0234. The second-order valence-electron chi connectivity index (χ2n) is 11.1. The largest absolute Gasteiger partial charge is 0.497 e. The van der Waals surface area contributed by atoms with E-state index in [0.29, 0.717) is 29.3 Å². The van der Waals surface area contributed by atoms with Crippen molar-refractivity contribution in [3.8, 4) is 11.5 Å². The zero-order chi connectivity index (χ0) is 30.8. The van der Waals surface area contributed by atoms with Crippen LogP contribution in [0, 0.1) is 5.92 Å². The van der Waals surface area contributed by atoms with E-state index in [-0.39, 0.29) is 30.3 Å². The van der Waals surface area contributed by atoms with Crippen molar-refractivity contribution >= 4 is 40.9 Å². The predicted octanol–water partition coefficient (Wildman–Crippen LogP) is 2.72. The fourth-order valence-electron chi connectivity index (χ4n) is 4.97. The number of hydrogen-bond acceptors (Lipinski definition) is 9. The summed E-state index contributed by atoms with van der Waals surface area (Å²) in [6.45, 7) is 8.83. The number of hydrogen-bond donors (Lipinski definition) is 1. The Kier molecular flexibility index (Phi) is 8.35. The molecular weight excluding hydrogens is 546 g/mol. The zero-order valence-electron chi connectivity index (χ0n) is 24.1. The molecule has 0 spiro atoms. The number of ether oxygens (including phenoxy) is 4. The molecule has 1 aliphatic heterocycles. The maximum Gasteiger partial charge on any atom is 0.411 e. The van der Waals surface area contributed by atoms with Gasteiger partial charge < -0.3 is 29.8 Å². The average Bonchev–Trinajstić information content (AvgIpc) is 3.49. The van der Waals surface area contributed by atoms with E-state index in [4.69, 9.17) is 24.5 Å². The molecule has 2 fully saturated rings. The number of benzene rings is 1. The van der Waals surface area contributed by atoms with Crippen molar-refractivity contribution < 1.29 is 42.9 Å². The number of carbonyl (C=O) groups excluding carboxylic acids is 4. The number of likely N-dealkylation sites (tertiary alicyclic amines) is 1. The third-order valence-corrected chi connectivity index (χ3v) is 7.09. The number of nitrogens with zero attached hydrogens (tertiary/aromatic N) is 4. The Morgan fingerprint density at radius 3 is 2.55 bits per heavy atom. The lowest BCUT2D eigenvalue weighted by Gasteiger charge is -2.28. The molecule has 0 unspecified atom stereocenters. The molecule has 0 radical (unpaired) electrons. The van der Waals surface area contributed by atoms with E-state index in [0.717, 1.165) is 0 Å². The van der Waals surface area contributed by atoms with Gasteiger partial charge in [-0.25, -0.2) is 14.6 Å². The van der Waals surface area contributed by atoms with Gasteiger partial charge in [0.1, 0.15) is 40.5 Å². The quantitative estimate of drug-likeness (QED) is 0.117. The van der Waals surface area contributed by atoms with Crippen LogP contribution in [0.3, 0.4) is 0 Å². The van der Waals surface area contributed by atoms with Crippen molar-refractivity contribution in [3.63, 3.8) is 0 Å². The van der Waals surface area contributed by atoms with Crippen molar-refractivity contribution in [2.24, 2.45) is 5.92 Å². The molecule has 2 amide bonds. The third-order valence-electron chi connectivity index (χ3n) is 7.09. The number of ketones is 1. The molecule has 42 heavy (non-hydrogen) atoms. The number of fused-ring (bicyclic) bond motifs is 1. The number of methoxy groups -OCH3 is 2. The van der Waals surface area contributed by atoms with Crippen LogP contribution in [-0.2, 0) is 19.1 Å². The summed E-state index contributed by atoms with van der Waals surface area (Å²) in [5.41, 5.74) is 7.09. The lowest BCUT2D eigenvalue weighted by Crippen LogP contribution is -2.53. The molecule has 2 aromatic rings. The lowest BCUT2D eigenvalue weighted by molar-refractivity contribution is -0.147. The van der Waals surface area contributed by atoms with Gasteiger partial charge in [0.2, 0.25) is 5.91 Å². The minimum atomic E-state index is -1.25. The number of esters is 1. The van der Waals surface area contributed by atoms with Gasteiger partial charge in [-0.1, -0.05) is 6.08 Å². The second kappa shape index (κ2) is 11.6. The number of rotatable bonds is 9. The SMILES string of the molecule is C=C[C@@H]1C[C@]1(NC(=O)[C@@H]1C[C@@H](Oc2cc(C(=O)C=[N+]=[N-])nc3cc(OC)ccc23)CN1C(=O)OC(C)(C)C)C(=O)OC. The Bertz CT molecular complexity index is 1490. The molecule has 13 nitrogen and oxygen atoms in total. The maximum absolute atomic E-state index is 13.6. The fraction of sp³-hybridized carbons (Fsp3) is 0.448. The van der Waals surface area contributed by atoms with E-state index in [1.165, 1.54) is 25.2 Å². The van der Waals surface area contributed by atoms with Crippen LogP contribution < -0.4 is 14.8 Å². The number of carbonyl (C=O) groups is 4. The van der Waals surface area contributed by atoms with Gasteiger partial charge in [0.15, 0.2) is 0 Å². The molecule has 1 aromatic carbocycles. The maximum atomic E-state index is 13.6. The zero-order valence-corrected chi connectivity index (χ0v) is 24.1. The highest BCUT2D eigenvalue weighted by molar-refractivity contribution is 6.33. The first-order chi connectivity index (χ1) is 19.8. The predicted molar refractivity (Wildman–Crippen MR) is 149 cm³/mol. The molecule has 1 aliphatic carbocycles. The van der Waals surface area contributed by atoms with Crippen LogP contribution in [0.5, 0.6) is 11.5 Å². The number of amides is 2. The van der Waals surface area contributed by atoms with Crippen LogP contribution >= 0.6 is 0 Å². The van der Waals surface area contributed by atoms with Crippen LogP contribution in [0.1, 0.15) is 44.1 Å². The van der Waals surface area contributed by atoms with Gasteiger partial charge in [0.25, 0.3) is 5.78 Å². The molecule has 222 valence electrons. The standard InChI is InChI=1S/C29H33N5O8/c1-7-16-13-29(16,26(37)40-6)33-25(36)22-11-18(15-34(22)27(38)42-28(2,3)4)41-24-12-21(23(35)14-31-30)32-20-10-17(39-5)8-9-19(20)24/h7-10,12,14,16,18,22H,1,11,13,15H2,2-6H3,(H,33,36)/t16-,18-,22+,29-/m1/s1. The molecule has 1 N–H and O–H groups in total. The topological polar surface area (TPSA) is 170 Å². The summed E-state index contributed by atoms with van der Waals surface area (Å²) in [5, 5.41) is 3.32. The summed E-state index contributed by atoms with van der Waals surface area (Å²) in [5.74, 6) is -1.39. The van der Waals surface area contributed by atoms with Crippen LogP contribution in [0.2, 0.25) is 0 Å². The van der Waals surface area contributed by atoms with Crippen LogP contribution in [0.4, 0.5) is 4.79 Å². The van der Waals surface area contributed by atoms with Crippen LogP contribution in [-0.4, -0.2) is 88.7 Å². The van der Waals surface area contributed by atoms with Crippen LogP contribution in [0.25, 0.3) is 16.4 Å².